The number of halogens is 1. The second-order valence-electron chi connectivity index (χ2n) is 5.68. The summed E-state index contributed by atoms with van der Waals surface area (Å²) in [5.74, 6) is -0.0847. The minimum Gasteiger partial charge on any atom is -0.355 e. The zero-order valence-electron chi connectivity index (χ0n) is 13.6. The lowest BCUT2D eigenvalue weighted by Gasteiger charge is -2.32. The zero-order valence-corrected chi connectivity index (χ0v) is 14.4. The van der Waals surface area contributed by atoms with E-state index in [9.17, 15) is 9.59 Å². The van der Waals surface area contributed by atoms with Crippen LogP contribution >= 0.6 is 12.4 Å². The molecule has 2 rings (SSSR count). The number of piperidine rings is 1. The Hall–Kier alpha value is -1.59. The molecule has 0 bridgehead atoms. The van der Waals surface area contributed by atoms with Gasteiger partial charge in [-0.05, 0) is 30.9 Å². The van der Waals surface area contributed by atoms with Crippen LogP contribution in [0.15, 0.2) is 24.3 Å². The van der Waals surface area contributed by atoms with Crippen molar-refractivity contribution in [2.24, 2.45) is 11.7 Å². The summed E-state index contributed by atoms with van der Waals surface area (Å²) >= 11 is 0. The minimum absolute atomic E-state index is 0. The number of benzene rings is 1. The van der Waals surface area contributed by atoms with Crippen molar-refractivity contribution in [2.45, 2.75) is 26.2 Å². The Bertz CT molecular complexity index is 536. The summed E-state index contributed by atoms with van der Waals surface area (Å²) in [6.07, 6.45) is 2.52. The molecule has 0 saturated carbocycles. The van der Waals surface area contributed by atoms with Gasteiger partial charge in [0.15, 0.2) is 0 Å². The molecule has 1 aromatic rings. The first-order valence-corrected chi connectivity index (χ1v) is 8.02. The summed E-state index contributed by atoms with van der Waals surface area (Å²) < 4.78 is 0. The Kier molecular flexibility index (Phi) is 8.06. The van der Waals surface area contributed by atoms with E-state index in [1.54, 1.807) is 0 Å². The van der Waals surface area contributed by atoms with Gasteiger partial charge in [-0.3, -0.25) is 9.59 Å². The van der Waals surface area contributed by atoms with E-state index in [2.05, 4.69) is 5.32 Å². The van der Waals surface area contributed by atoms with Gasteiger partial charge in [-0.25, -0.2) is 0 Å². The number of nitrogens with two attached hydrogens (primary N) is 1. The topological polar surface area (TPSA) is 75.4 Å². The van der Waals surface area contributed by atoms with Crippen LogP contribution in [-0.4, -0.2) is 42.9 Å². The van der Waals surface area contributed by atoms with Gasteiger partial charge in [-0.15, -0.1) is 12.4 Å². The van der Waals surface area contributed by atoms with Crippen LogP contribution in [-0.2, 0) is 11.2 Å². The highest BCUT2D eigenvalue weighted by molar-refractivity contribution is 5.96. The molecule has 1 aromatic carbocycles. The van der Waals surface area contributed by atoms with Gasteiger partial charge in [0.05, 0.1) is 5.92 Å². The van der Waals surface area contributed by atoms with Crippen molar-refractivity contribution in [3.05, 3.63) is 35.4 Å². The summed E-state index contributed by atoms with van der Waals surface area (Å²) in [5, 5.41) is 2.82. The number of nitrogens with zero attached hydrogens (tertiary/aromatic N) is 1. The fourth-order valence-electron chi connectivity index (χ4n) is 2.92. The molecule has 0 spiro atoms. The number of aryl methyl sites for hydroxylation is 1. The molecule has 6 heteroatoms. The third kappa shape index (κ3) is 4.94. The fourth-order valence-corrected chi connectivity index (χ4v) is 2.92. The molecule has 0 aromatic heterocycles. The Morgan fingerprint density at radius 3 is 2.78 bits per heavy atom. The predicted octanol–water partition coefficient (Wildman–Crippen LogP) is 1.60. The van der Waals surface area contributed by atoms with Gasteiger partial charge in [-0.1, -0.05) is 25.1 Å². The number of hydrogen-bond donors (Lipinski definition) is 2. The van der Waals surface area contributed by atoms with Crippen LogP contribution in [0.4, 0.5) is 0 Å². The maximum atomic E-state index is 12.7. The number of amides is 2. The van der Waals surface area contributed by atoms with Crippen LogP contribution in [0.5, 0.6) is 0 Å². The molecule has 128 valence electrons. The van der Waals surface area contributed by atoms with E-state index in [0.717, 1.165) is 36.9 Å². The van der Waals surface area contributed by atoms with Crippen molar-refractivity contribution in [1.82, 2.24) is 10.2 Å². The van der Waals surface area contributed by atoms with Gasteiger partial charge in [0.2, 0.25) is 5.91 Å². The normalized spacial score (nSPS) is 17.3. The highest BCUT2D eigenvalue weighted by Gasteiger charge is 2.29. The summed E-state index contributed by atoms with van der Waals surface area (Å²) in [5.41, 5.74) is 7.23. The molecular formula is C17H26ClN3O2. The van der Waals surface area contributed by atoms with E-state index in [1.165, 1.54) is 0 Å². The first-order valence-electron chi connectivity index (χ1n) is 8.02. The molecule has 23 heavy (non-hydrogen) atoms. The molecule has 1 atom stereocenters. The number of carbonyl (C=O) groups excluding carboxylic acids is 2. The van der Waals surface area contributed by atoms with E-state index >= 15 is 0 Å². The van der Waals surface area contributed by atoms with Crippen LogP contribution in [0, 0.1) is 5.92 Å². The molecule has 5 nitrogen and oxygen atoms in total. The fraction of sp³-hybridized carbons (Fsp3) is 0.529. The molecule has 1 aliphatic heterocycles. The lowest BCUT2D eigenvalue weighted by molar-refractivity contribution is -0.126. The van der Waals surface area contributed by atoms with E-state index in [4.69, 9.17) is 5.73 Å². The Morgan fingerprint density at radius 2 is 2.09 bits per heavy atom. The number of likely N-dealkylation sites (tertiary alicyclic amines) is 1. The van der Waals surface area contributed by atoms with E-state index < -0.39 is 0 Å². The van der Waals surface area contributed by atoms with Crippen molar-refractivity contribution < 1.29 is 9.59 Å². The number of carbonyl (C=O) groups is 2. The van der Waals surface area contributed by atoms with Gasteiger partial charge in [0.25, 0.3) is 5.91 Å². The molecule has 1 saturated heterocycles. The highest BCUT2D eigenvalue weighted by Crippen LogP contribution is 2.20. The SMILES string of the molecule is CCc1ccccc1C(=O)N1CCCC(C(=O)NCCN)C1.Cl. The van der Waals surface area contributed by atoms with Gasteiger partial charge in [-0.2, -0.15) is 0 Å². The highest BCUT2D eigenvalue weighted by atomic mass is 35.5. The Morgan fingerprint density at radius 1 is 1.35 bits per heavy atom. The van der Waals surface area contributed by atoms with Crippen molar-refractivity contribution in [3.8, 4) is 0 Å². The smallest absolute Gasteiger partial charge is 0.254 e. The van der Waals surface area contributed by atoms with Crippen molar-refractivity contribution in [1.29, 1.82) is 0 Å². The van der Waals surface area contributed by atoms with Crippen LogP contribution < -0.4 is 11.1 Å². The first kappa shape index (κ1) is 19.5. The van der Waals surface area contributed by atoms with Gasteiger partial charge in [0.1, 0.15) is 0 Å². The third-order valence-electron chi connectivity index (χ3n) is 4.15. The third-order valence-corrected chi connectivity index (χ3v) is 4.15. The predicted molar refractivity (Wildman–Crippen MR) is 93.8 cm³/mol. The molecular weight excluding hydrogens is 314 g/mol. The standard InChI is InChI=1S/C17H25N3O2.ClH/c1-2-13-6-3-4-8-15(13)17(22)20-11-5-7-14(12-20)16(21)19-10-9-18;/h3-4,6,8,14H,2,5,7,9-12,18H2,1H3,(H,19,21);1H. The van der Waals surface area contributed by atoms with Crippen molar-refractivity contribution in [3.63, 3.8) is 0 Å². The maximum Gasteiger partial charge on any atom is 0.254 e. The van der Waals surface area contributed by atoms with Crippen LogP contribution in [0.25, 0.3) is 0 Å². The molecule has 1 fully saturated rings. The number of nitrogens with one attached hydrogen (secondary N) is 1. The average molecular weight is 340 g/mol. The van der Waals surface area contributed by atoms with E-state index in [1.807, 2.05) is 36.1 Å². The average Bonchev–Trinajstić information content (AvgIpc) is 2.59. The monoisotopic (exact) mass is 339 g/mol. The van der Waals surface area contributed by atoms with Crippen LogP contribution in [0.2, 0.25) is 0 Å². The molecule has 2 amide bonds. The molecule has 1 heterocycles. The molecule has 0 radical (unpaired) electrons. The van der Waals surface area contributed by atoms with Gasteiger partial charge in [0, 0.05) is 31.7 Å². The molecule has 1 aliphatic rings. The van der Waals surface area contributed by atoms with Gasteiger partial charge >= 0.3 is 0 Å². The largest absolute Gasteiger partial charge is 0.355 e. The second kappa shape index (κ2) is 9.53. The minimum atomic E-state index is -0.127. The lowest BCUT2D eigenvalue weighted by atomic mass is 9.95. The Balaban J connectivity index is 0.00000264. The summed E-state index contributed by atoms with van der Waals surface area (Å²) in [6, 6.07) is 7.71. The van der Waals surface area contributed by atoms with Gasteiger partial charge < -0.3 is 16.0 Å². The van der Waals surface area contributed by atoms with E-state index in [0.29, 0.717) is 19.6 Å². The van der Waals surface area contributed by atoms with Crippen LogP contribution in [0.1, 0.15) is 35.7 Å². The summed E-state index contributed by atoms with van der Waals surface area (Å²) in [4.78, 5) is 26.6. The zero-order chi connectivity index (χ0) is 15.9. The number of rotatable bonds is 5. The maximum absolute atomic E-state index is 12.7. The molecule has 1 unspecified atom stereocenters. The first-order chi connectivity index (χ1) is 10.7. The van der Waals surface area contributed by atoms with E-state index in [-0.39, 0.29) is 30.1 Å². The molecule has 3 N–H and O–H groups in total. The summed E-state index contributed by atoms with van der Waals surface area (Å²) in [6.45, 7) is 4.18. The Labute approximate surface area is 144 Å². The summed E-state index contributed by atoms with van der Waals surface area (Å²) in [7, 11) is 0. The number of hydrogen-bond acceptors (Lipinski definition) is 3. The quantitative estimate of drug-likeness (QED) is 0.855. The lowest BCUT2D eigenvalue weighted by Crippen LogP contribution is -2.46. The van der Waals surface area contributed by atoms with Crippen molar-refractivity contribution in [2.75, 3.05) is 26.2 Å². The molecule has 0 aliphatic carbocycles. The second-order valence-corrected chi connectivity index (χ2v) is 5.68. The van der Waals surface area contributed by atoms with Crippen molar-refractivity contribution >= 4 is 24.2 Å². The van der Waals surface area contributed by atoms with Crippen LogP contribution in [0.3, 0.4) is 0 Å².